The van der Waals surface area contributed by atoms with Crippen LogP contribution in [0.25, 0.3) is 6.08 Å². The lowest BCUT2D eigenvalue weighted by Crippen LogP contribution is -2.38. The summed E-state index contributed by atoms with van der Waals surface area (Å²) in [6.07, 6.45) is 5.18. The first kappa shape index (κ1) is 27.1. The van der Waals surface area contributed by atoms with E-state index in [-0.39, 0.29) is 23.7 Å². The monoisotopic (exact) mass is 535 g/mol. The molecular weight excluding hydrogens is 502 g/mol. The first-order chi connectivity index (χ1) is 19.5. The van der Waals surface area contributed by atoms with Crippen LogP contribution in [0, 0.1) is 17.2 Å². The minimum Gasteiger partial charge on any atom is -0.397 e. The first-order valence-corrected chi connectivity index (χ1v) is 13.6. The second-order valence-corrected chi connectivity index (χ2v) is 10.3. The number of rotatable bonds is 7. The zero-order valence-corrected chi connectivity index (χ0v) is 22.3. The molecular formula is C32H33N5O3. The zero-order valence-electron chi connectivity index (χ0n) is 22.3. The van der Waals surface area contributed by atoms with Gasteiger partial charge in [-0.05, 0) is 66.4 Å². The predicted molar refractivity (Wildman–Crippen MR) is 156 cm³/mol. The molecule has 204 valence electrons. The molecule has 0 spiro atoms. The fraction of sp³-hybridized carbons (Fsp3) is 0.281. The largest absolute Gasteiger partial charge is 0.397 e. The highest BCUT2D eigenvalue weighted by Gasteiger charge is 2.41. The number of nitrogens with zero attached hydrogens (tertiary/aromatic N) is 2. The molecule has 8 nitrogen and oxygen atoms in total. The van der Waals surface area contributed by atoms with Crippen LogP contribution in [0.5, 0.6) is 0 Å². The van der Waals surface area contributed by atoms with Gasteiger partial charge in [-0.2, -0.15) is 5.26 Å². The number of para-hydroxylation sites is 2. The minimum absolute atomic E-state index is 0.0231. The van der Waals surface area contributed by atoms with Gasteiger partial charge >= 0.3 is 0 Å². The molecule has 2 amide bonds. The molecule has 0 aromatic heterocycles. The molecule has 0 radical (unpaired) electrons. The number of nitriles is 1. The number of hydrogen-bond acceptors (Lipinski definition) is 6. The highest BCUT2D eigenvalue weighted by atomic mass is 16.5. The molecule has 5 rings (SSSR count). The van der Waals surface area contributed by atoms with E-state index < -0.39 is 0 Å². The molecule has 40 heavy (non-hydrogen) atoms. The molecule has 2 saturated heterocycles. The average molecular weight is 536 g/mol. The fourth-order valence-electron chi connectivity index (χ4n) is 5.46. The summed E-state index contributed by atoms with van der Waals surface area (Å²) in [5.74, 6) is -0.472. The number of amides is 2. The summed E-state index contributed by atoms with van der Waals surface area (Å²) >= 11 is 0. The molecule has 2 aliphatic rings. The third-order valence-electron chi connectivity index (χ3n) is 7.68. The Bertz CT molecular complexity index is 1410. The van der Waals surface area contributed by atoms with Gasteiger partial charge in [-0.3, -0.25) is 14.5 Å². The number of ether oxygens (including phenoxy) is 1. The van der Waals surface area contributed by atoms with Crippen LogP contribution < -0.4 is 16.4 Å². The number of benzene rings is 3. The van der Waals surface area contributed by atoms with Crippen LogP contribution in [0.15, 0.2) is 78.9 Å². The maximum atomic E-state index is 13.5. The van der Waals surface area contributed by atoms with Gasteiger partial charge in [0, 0.05) is 50.0 Å². The summed E-state index contributed by atoms with van der Waals surface area (Å²) in [6, 6.07) is 24.6. The van der Waals surface area contributed by atoms with Crippen molar-refractivity contribution < 1.29 is 14.3 Å². The van der Waals surface area contributed by atoms with E-state index in [0.29, 0.717) is 35.2 Å². The summed E-state index contributed by atoms with van der Waals surface area (Å²) in [4.78, 5) is 28.3. The average Bonchev–Trinajstić information content (AvgIpc) is 3.44. The Morgan fingerprint density at radius 2 is 1.68 bits per heavy atom. The molecule has 2 unspecified atom stereocenters. The van der Waals surface area contributed by atoms with Crippen molar-refractivity contribution in [1.82, 2.24) is 4.90 Å². The third kappa shape index (κ3) is 6.57. The summed E-state index contributed by atoms with van der Waals surface area (Å²) in [5.41, 5.74) is 10.2. The van der Waals surface area contributed by atoms with Gasteiger partial charge in [0.1, 0.15) is 0 Å². The third-order valence-corrected chi connectivity index (χ3v) is 7.68. The Hall–Kier alpha value is -4.45. The fourth-order valence-corrected chi connectivity index (χ4v) is 5.46. The van der Waals surface area contributed by atoms with E-state index in [2.05, 4.69) is 21.6 Å². The number of carbonyl (C=O) groups excluding carboxylic acids is 2. The van der Waals surface area contributed by atoms with E-state index in [9.17, 15) is 9.59 Å². The Morgan fingerprint density at radius 1 is 0.950 bits per heavy atom. The lowest BCUT2D eigenvalue weighted by atomic mass is 9.88. The normalized spacial score (nSPS) is 19.8. The topological polar surface area (TPSA) is 120 Å². The Kier molecular flexibility index (Phi) is 8.55. The summed E-state index contributed by atoms with van der Waals surface area (Å²) in [7, 11) is 0. The molecule has 0 saturated carbocycles. The van der Waals surface area contributed by atoms with Crippen LogP contribution in [0.3, 0.4) is 0 Å². The molecule has 0 bridgehead atoms. The molecule has 3 aromatic rings. The van der Waals surface area contributed by atoms with Gasteiger partial charge in [0.15, 0.2) is 0 Å². The quantitative estimate of drug-likeness (QED) is 0.300. The number of hydrogen-bond donors (Lipinski definition) is 3. The van der Waals surface area contributed by atoms with Crippen LogP contribution in [-0.2, 0) is 14.3 Å². The van der Waals surface area contributed by atoms with Crippen molar-refractivity contribution in [2.24, 2.45) is 5.92 Å². The van der Waals surface area contributed by atoms with Gasteiger partial charge in [0.2, 0.25) is 11.8 Å². The lowest BCUT2D eigenvalue weighted by Gasteiger charge is -2.31. The highest BCUT2D eigenvalue weighted by Crippen LogP contribution is 2.36. The van der Waals surface area contributed by atoms with Crippen molar-refractivity contribution in [1.29, 1.82) is 5.26 Å². The number of nitrogen functional groups attached to an aromatic ring is 1. The van der Waals surface area contributed by atoms with E-state index in [4.69, 9.17) is 15.7 Å². The van der Waals surface area contributed by atoms with Crippen LogP contribution >= 0.6 is 0 Å². The highest BCUT2D eigenvalue weighted by molar-refractivity contribution is 6.03. The van der Waals surface area contributed by atoms with Gasteiger partial charge in [0.05, 0.1) is 28.9 Å². The van der Waals surface area contributed by atoms with Crippen LogP contribution in [0.4, 0.5) is 17.1 Å². The van der Waals surface area contributed by atoms with Crippen molar-refractivity contribution in [3.05, 3.63) is 95.6 Å². The molecule has 2 aliphatic heterocycles. The second kappa shape index (κ2) is 12.6. The molecule has 4 N–H and O–H groups in total. The van der Waals surface area contributed by atoms with Gasteiger partial charge in [0.25, 0.3) is 0 Å². The van der Waals surface area contributed by atoms with Crippen LogP contribution in [0.1, 0.15) is 35.4 Å². The van der Waals surface area contributed by atoms with E-state index in [1.54, 1.807) is 42.5 Å². The van der Waals surface area contributed by atoms with E-state index in [1.807, 2.05) is 36.4 Å². The minimum atomic E-state index is -0.260. The Morgan fingerprint density at radius 3 is 2.38 bits per heavy atom. The first-order valence-electron chi connectivity index (χ1n) is 13.6. The van der Waals surface area contributed by atoms with Crippen molar-refractivity contribution in [2.45, 2.75) is 24.8 Å². The number of nitrogens with one attached hydrogen (secondary N) is 2. The Labute approximate surface area is 234 Å². The standard InChI is InChI=1S/C32H33N5O3/c33-19-23-7-12-25(13-8-23)35-32(39)28-21-37(26-15-17-40-18-16-26)20-27(28)24-10-5-22(6-11-24)9-14-31(38)36-30-4-2-1-3-29(30)34/h1-14,26-28H,15-18,20-21,34H2,(H,35,39)(H,36,38)/b14-9+. The van der Waals surface area contributed by atoms with Gasteiger partial charge in [-0.15, -0.1) is 0 Å². The molecule has 2 atom stereocenters. The van der Waals surface area contributed by atoms with E-state index >= 15 is 0 Å². The molecule has 8 heteroatoms. The number of likely N-dealkylation sites (tertiary alicyclic amines) is 1. The van der Waals surface area contributed by atoms with Gasteiger partial charge in [-0.1, -0.05) is 36.4 Å². The molecule has 0 aliphatic carbocycles. The molecule has 2 heterocycles. The summed E-state index contributed by atoms with van der Waals surface area (Å²) in [5, 5.41) is 14.9. The zero-order chi connectivity index (χ0) is 27.9. The molecule has 3 aromatic carbocycles. The van der Waals surface area contributed by atoms with E-state index in [1.165, 1.54) is 6.08 Å². The maximum Gasteiger partial charge on any atom is 0.248 e. The van der Waals surface area contributed by atoms with Crippen LogP contribution in [0.2, 0.25) is 0 Å². The molecule has 2 fully saturated rings. The Balaban J connectivity index is 1.29. The smallest absolute Gasteiger partial charge is 0.248 e. The summed E-state index contributed by atoms with van der Waals surface area (Å²) in [6.45, 7) is 2.98. The second-order valence-electron chi connectivity index (χ2n) is 10.3. The van der Waals surface area contributed by atoms with Gasteiger partial charge in [-0.25, -0.2) is 0 Å². The summed E-state index contributed by atoms with van der Waals surface area (Å²) < 4.78 is 5.56. The van der Waals surface area contributed by atoms with E-state index in [0.717, 1.165) is 43.7 Å². The number of nitrogens with two attached hydrogens (primary N) is 1. The number of carbonyl (C=O) groups is 2. The van der Waals surface area contributed by atoms with Gasteiger partial charge < -0.3 is 21.1 Å². The lowest BCUT2D eigenvalue weighted by molar-refractivity contribution is -0.120. The van der Waals surface area contributed by atoms with Crippen molar-refractivity contribution in [2.75, 3.05) is 42.7 Å². The predicted octanol–water partition coefficient (Wildman–Crippen LogP) is 4.63. The van der Waals surface area contributed by atoms with Crippen molar-refractivity contribution in [3.63, 3.8) is 0 Å². The van der Waals surface area contributed by atoms with Crippen molar-refractivity contribution >= 4 is 35.0 Å². The van der Waals surface area contributed by atoms with Crippen molar-refractivity contribution in [3.8, 4) is 6.07 Å². The number of anilines is 3. The van der Waals surface area contributed by atoms with Crippen LogP contribution in [-0.4, -0.2) is 49.1 Å². The SMILES string of the molecule is N#Cc1ccc(NC(=O)C2CN(C3CCOCC3)CC2c2ccc(/C=C/C(=O)Nc3ccccc3N)cc2)cc1. The maximum absolute atomic E-state index is 13.5.